The molecule has 0 atom stereocenters. The van der Waals surface area contributed by atoms with Crippen LogP contribution in [0.4, 0.5) is 0 Å². The number of carbonyl (C=O) groups is 1. The lowest BCUT2D eigenvalue weighted by Gasteiger charge is -2.27. The molecular weight excluding hydrogens is 374 g/mol. The van der Waals surface area contributed by atoms with Gasteiger partial charge in [0.25, 0.3) is 5.91 Å². The number of rotatable bonds is 6. The van der Waals surface area contributed by atoms with Crippen LogP contribution in [0, 0.1) is 13.8 Å². The third-order valence-corrected chi connectivity index (χ3v) is 7.26. The number of aliphatic hydroxyl groups is 1. The molecule has 28 heavy (non-hydrogen) atoms. The molecule has 1 saturated carbocycles. The van der Waals surface area contributed by atoms with Crippen LogP contribution in [-0.4, -0.2) is 39.8 Å². The van der Waals surface area contributed by atoms with Gasteiger partial charge < -0.3 is 14.9 Å². The highest BCUT2D eigenvalue weighted by atomic mass is 32.1. The second-order valence-corrected chi connectivity index (χ2v) is 9.22. The predicted molar refractivity (Wildman–Crippen MR) is 108 cm³/mol. The summed E-state index contributed by atoms with van der Waals surface area (Å²) in [6, 6.07) is 0. The summed E-state index contributed by atoms with van der Waals surface area (Å²) in [7, 11) is 0. The second kappa shape index (κ2) is 7.97. The van der Waals surface area contributed by atoms with Gasteiger partial charge in [0.05, 0.1) is 16.9 Å². The Balaban J connectivity index is 1.35. The SMILES string of the molecule is Cc1noc(C)c1CN1CCc2c(C(=O)NCCC3(O)CCCC3)csc2C1. The lowest BCUT2D eigenvalue weighted by atomic mass is 9.98. The fourth-order valence-corrected chi connectivity index (χ4v) is 5.57. The van der Waals surface area contributed by atoms with Gasteiger partial charge in [0.1, 0.15) is 5.76 Å². The number of nitrogens with one attached hydrogen (secondary N) is 1. The van der Waals surface area contributed by atoms with E-state index in [1.54, 1.807) is 11.3 Å². The van der Waals surface area contributed by atoms with Gasteiger partial charge in [0.2, 0.25) is 0 Å². The molecule has 1 amide bonds. The fourth-order valence-electron chi connectivity index (χ4n) is 4.45. The normalized spacial score (nSPS) is 19.0. The average molecular weight is 404 g/mol. The highest BCUT2D eigenvalue weighted by Crippen LogP contribution is 2.32. The summed E-state index contributed by atoms with van der Waals surface area (Å²) in [5.74, 6) is 0.886. The van der Waals surface area contributed by atoms with Crippen molar-refractivity contribution in [2.75, 3.05) is 13.1 Å². The van der Waals surface area contributed by atoms with Crippen molar-refractivity contribution in [2.24, 2.45) is 0 Å². The summed E-state index contributed by atoms with van der Waals surface area (Å²) < 4.78 is 5.28. The smallest absolute Gasteiger partial charge is 0.252 e. The summed E-state index contributed by atoms with van der Waals surface area (Å²) in [6.07, 6.45) is 5.43. The van der Waals surface area contributed by atoms with Crippen LogP contribution in [-0.2, 0) is 19.5 Å². The monoisotopic (exact) mass is 403 g/mol. The highest BCUT2D eigenvalue weighted by molar-refractivity contribution is 7.10. The van der Waals surface area contributed by atoms with E-state index in [4.69, 9.17) is 4.52 Å². The maximum atomic E-state index is 12.7. The zero-order valence-electron chi connectivity index (χ0n) is 16.7. The van der Waals surface area contributed by atoms with Gasteiger partial charge in [0, 0.05) is 42.0 Å². The third kappa shape index (κ3) is 4.02. The van der Waals surface area contributed by atoms with Crippen molar-refractivity contribution >= 4 is 17.2 Å². The molecule has 7 heteroatoms. The Kier molecular flexibility index (Phi) is 5.58. The van der Waals surface area contributed by atoms with E-state index < -0.39 is 5.60 Å². The first kappa shape index (κ1) is 19.6. The van der Waals surface area contributed by atoms with Gasteiger partial charge in [0.15, 0.2) is 0 Å². The molecule has 6 nitrogen and oxygen atoms in total. The number of hydrogen-bond acceptors (Lipinski definition) is 6. The highest BCUT2D eigenvalue weighted by Gasteiger charge is 2.31. The number of aryl methyl sites for hydroxylation is 2. The van der Waals surface area contributed by atoms with Crippen LogP contribution >= 0.6 is 11.3 Å². The largest absolute Gasteiger partial charge is 0.390 e. The van der Waals surface area contributed by atoms with E-state index in [2.05, 4.69) is 15.4 Å². The van der Waals surface area contributed by atoms with Crippen LogP contribution in [0.5, 0.6) is 0 Å². The first-order valence-corrected chi connectivity index (χ1v) is 11.1. The Morgan fingerprint density at radius 3 is 2.89 bits per heavy atom. The van der Waals surface area contributed by atoms with Gasteiger partial charge in [-0.3, -0.25) is 9.69 Å². The molecule has 2 aromatic heterocycles. The van der Waals surface area contributed by atoms with Gasteiger partial charge in [-0.25, -0.2) is 0 Å². The molecule has 3 heterocycles. The number of amides is 1. The topological polar surface area (TPSA) is 78.6 Å². The number of thiophene rings is 1. The van der Waals surface area contributed by atoms with Gasteiger partial charge in [-0.05, 0) is 45.1 Å². The van der Waals surface area contributed by atoms with Crippen molar-refractivity contribution in [2.45, 2.75) is 71.1 Å². The number of nitrogens with zero attached hydrogens (tertiary/aromatic N) is 2. The van der Waals surface area contributed by atoms with E-state index >= 15 is 0 Å². The lowest BCUT2D eigenvalue weighted by molar-refractivity contribution is 0.0389. The molecular formula is C21H29N3O3S. The quantitative estimate of drug-likeness (QED) is 0.773. The molecule has 0 saturated heterocycles. The zero-order valence-corrected chi connectivity index (χ0v) is 17.5. The maximum absolute atomic E-state index is 12.7. The van der Waals surface area contributed by atoms with E-state index in [9.17, 15) is 9.90 Å². The maximum Gasteiger partial charge on any atom is 0.252 e. The predicted octanol–water partition coefficient (Wildman–Crippen LogP) is 3.34. The molecule has 2 aromatic rings. The number of hydrogen-bond donors (Lipinski definition) is 2. The van der Waals surface area contributed by atoms with Crippen molar-refractivity contribution in [3.8, 4) is 0 Å². The molecule has 1 aliphatic heterocycles. The second-order valence-electron chi connectivity index (χ2n) is 8.25. The van der Waals surface area contributed by atoms with Crippen molar-refractivity contribution in [3.63, 3.8) is 0 Å². The van der Waals surface area contributed by atoms with Crippen molar-refractivity contribution in [1.29, 1.82) is 0 Å². The summed E-state index contributed by atoms with van der Waals surface area (Å²) in [4.78, 5) is 16.3. The van der Waals surface area contributed by atoms with E-state index in [-0.39, 0.29) is 5.91 Å². The lowest BCUT2D eigenvalue weighted by Crippen LogP contribution is -2.34. The molecule has 152 valence electrons. The molecule has 0 unspecified atom stereocenters. The van der Waals surface area contributed by atoms with Crippen LogP contribution in [0.1, 0.15) is 69.9 Å². The van der Waals surface area contributed by atoms with Crippen LogP contribution in [0.2, 0.25) is 0 Å². The molecule has 0 aromatic carbocycles. The van der Waals surface area contributed by atoms with Gasteiger partial charge in [-0.2, -0.15) is 0 Å². The molecule has 0 radical (unpaired) electrons. The Labute approximate surface area is 169 Å². The molecule has 0 spiro atoms. The van der Waals surface area contributed by atoms with Crippen molar-refractivity contribution < 1.29 is 14.4 Å². The first-order chi connectivity index (χ1) is 13.5. The third-order valence-electron chi connectivity index (χ3n) is 6.24. The molecule has 4 rings (SSSR count). The minimum absolute atomic E-state index is 0.00160. The molecule has 2 N–H and O–H groups in total. The van der Waals surface area contributed by atoms with Gasteiger partial charge >= 0.3 is 0 Å². The average Bonchev–Trinajstić information content (AvgIpc) is 3.37. The summed E-state index contributed by atoms with van der Waals surface area (Å²) in [6.45, 7) is 7.10. The fraction of sp³-hybridized carbons (Fsp3) is 0.619. The van der Waals surface area contributed by atoms with Gasteiger partial charge in [-0.1, -0.05) is 18.0 Å². The Morgan fingerprint density at radius 2 is 2.18 bits per heavy atom. The van der Waals surface area contributed by atoms with E-state index in [1.807, 2.05) is 19.2 Å². The van der Waals surface area contributed by atoms with Crippen molar-refractivity contribution in [3.05, 3.63) is 38.4 Å². The Morgan fingerprint density at radius 1 is 1.39 bits per heavy atom. The molecule has 1 aliphatic carbocycles. The van der Waals surface area contributed by atoms with Gasteiger partial charge in [-0.15, -0.1) is 11.3 Å². The molecule has 0 bridgehead atoms. The first-order valence-electron chi connectivity index (χ1n) is 10.2. The van der Waals surface area contributed by atoms with Crippen LogP contribution in [0.15, 0.2) is 9.90 Å². The zero-order chi connectivity index (χ0) is 19.7. The van der Waals surface area contributed by atoms with E-state index in [0.717, 1.165) is 68.8 Å². The number of fused-ring (bicyclic) bond motifs is 1. The van der Waals surface area contributed by atoms with E-state index in [1.165, 1.54) is 16.0 Å². The summed E-state index contributed by atoms with van der Waals surface area (Å²) in [5, 5.41) is 19.5. The summed E-state index contributed by atoms with van der Waals surface area (Å²) in [5.41, 5.74) is 3.56. The molecule has 1 fully saturated rings. The molecule has 2 aliphatic rings. The van der Waals surface area contributed by atoms with Crippen LogP contribution in [0.3, 0.4) is 0 Å². The van der Waals surface area contributed by atoms with Crippen molar-refractivity contribution in [1.82, 2.24) is 15.4 Å². The Hall–Kier alpha value is -1.70. The number of carbonyl (C=O) groups excluding carboxylic acids is 1. The van der Waals surface area contributed by atoms with Crippen LogP contribution < -0.4 is 5.32 Å². The number of aromatic nitrogens is 1. The van der Waals surface area contributed by atoms with Crippen LogP contribution in [0.25, 0.3) is 0 Å². The summed E-state index contributed by atoms with van der Waals surface area (Å²) >= 11 is 1.67. The minimum Gasteiger partial charge on any atom is -0.390 e. The standard InChI is InChI=1S/C21H29N3O3S/c1-14-17(15(2)27-23-14)11-24-10-5-16-18(13-28-19(16)12-24)20(25)22-9-8-21(26)6-3-4-7-21/h13,26H,3-12H2,1-2H3,(H,22,25). The minimum atomic E-state index is -0.569. The Bertz CT molecular complexity index is 832. The van der Waals surface area contributed by atoms with E-state index in [0.29, 0.717) is 13.0 Å².